The summed E-state index contributed by atoms with van der Waals surface area (Å²) in [5.41, 5.74) is 1.64. The van der Waals surface area contributed by atoms with Gasteiger partial charge in [0, 0.05) is 5.69 Å². The summed E-state index contributed by atoms with van der Waals surface area (Å²) in [5, 5.41) is 2.68. The number of nitrogens with one attached hydrogen (secondary N) is 1. The van der Waals surface area contributed by atoms with Crippen molar-refractivity contribution in [1.29, 1.82) is 0 Å². The first-order valence-corrected chi connectivity index (χ1v) is 7.03. The average Bonchev–Trinajstić information content (AvgIpc) is 2.85. The Labute approximate surface area is 125 Å². The van der Waals surface area contributed by atoms with Crippen molar-refractivity contribution in [2.45, 2.75) is 6.92 Å². The van der Waals surface area contributed by atoms with Crippen LogP contribution in [0.2, 0.25) is 4.34 Å². The van der Waals surface area contributed by atoms with E-state index in [1.807, 2.05) is 25.1 Å². The molecule has 0 aliphatic rings. The number of aryl methyl sites for hydroxylation is 1. The molecule has 1 aromatic carbocycles. The maximum absolute atomic E-state index is 11.7. The fourth-order valence-corrected chi connectivity index (χ4v) is 2.46. The van der Waals surface area contributed by atoms with E-state index in [1.165, 1.54) is 0 Å². The number of ether oxygens (including phenoxy) is 1. The van der Waals surface area contributed by atoms with Gasteiger partial charge in [-0.25, -0.2) is 4.79 Å². The molecule has 0 aliphatic carbocycles. The summed E-state index contributed by atoms with van der Waals surface area (Å²) in [4.78, 5) is 23.7. The van der Waals surface area contributed by atoms with Crippen molar-refractivity contribution >= 4 is 40.5 Å². The number of carbonyl (C=O) groups is 2. The second-order valence-electron chi connectivity index (χ2n) is 4.04. The monoisotopic (exact) mass is 309 g/mol. The summed E-state index contributed by atoms with van der Waals surface area (Å²) in [6.07, 6.45) is 0. The maximum atomic E-state index is 11.7. The molecular weight excluding hydrogens is 298 g/mol. The van der Waals surface area contributed by atoms with Crippen LogP contribution in [0.5, 0.6) is 0 Å². The number of amides is 1. The summed E-state index contributed by atoms with van der Waals surface area (Å²) < 4.78 is 5.42. The van der Waals surface area contributed by atoms with Crippen LogP contribution in [-0.4, -0.2) is 18.5 Å². The molecule has 104 valence electrons. The van der Waals surface area contributed by atoms with Crippen molar-refractivity contribution in [2.24, 2.45) is 0 Å². The Morgan fingerprint density at radius 3 is 2.65 bits per heavy atom. The molecule has 0 bridgehead atoms. The number of benzene rings is 1. The predicted octanol–water partition coefficient (Wildman–Crippen LogP) is 3.51. The molecule has 0 spiro atoms. The van der Waals surface area contributed by atoms with Crippen LogP contribution in [0.25, 0.3) is 0 Å². The largest absolute Gasteiger partial charge is 0.451 e. The van der Waals surface area contributed by atoms with Gasteiger partial charge in [0.05, 0.1) is 4.34 Å². The van der Waals surface area contributed by atoms with E-state index in [1.54, 1.807) is 18.2 Å². The number of thiophene rings is 1. The van der Waals surface area contributed by atoms with Crippen LogP contribution in [0, 0.1) is 6.92 Å². The van der Waals surface area contributed by atoms with Crippen LogP contribution in [0.4, 0.5) is 5.69 Å². The fourth-order valence-electron chi connectivity index (χ4n) is 1.53. The van der Waals surface area contributed by atoms with Crippen molar-refractivity contribution in [3.8, 4) is 0 Å². The zero-order valence-electron chi connectivity index (χ0n) is 10.7. The van der Waals surface area contributed by atoms with Crippen LogP contribution in [0.3, 0.4) is 0 Å². The summed E-state index contributed by atoms with van der Waals surface area (Å²) in [7, 11) is 0. The van der Waals surface area contributed by atoms with Crippen LogP contribution < -0.4 is 5.32 Å². The van der Waals surface area contributed by atoms with Crippen molar-refractivity contribution in [2.75, 3.05) is 11.9 Å². The van der Waals surface area contributed by atoms with Crippen molar-refractivity contribution in [1.82, 2.24) is 0 Å². The first-order valence-electron chi connectivity index (χ1n) is 5.84. The van der Waals surface area contributed by atoms with Crippen LogP contribution in [0.1, 0.15) is 15.2 Å². The van der Waals surface area contributed by atoms with Gasteiger partial charge in [-0.1, -0.05) is 29.8 Å². The third-order valence-corrected chi connectivity index (χ3v) is 3.74. The topological polar surface area (TPSA) is 55.4 Å². The normalized spacial score (nSPS) is 10.1. The van der Waals surface area contributed by atoms with E-state index in [9.17, 15) is 9.59 Å². The molecule has 20 heavy (non-hydrogen) atoms. The van der Waals surface area contributed by atoms with Gasteiger partial charge in [0.2, 0.25) is 0 Å². The molecule has 0 radical (unpaired) electrons. The number of para-hydroxylation sites is 1. The zero-order valence-corrected chi connectivity index (χ0v) is 12.3. The number of esters is 1. The van der Waals surface area contributed by atoms with Gasteiger partial charge in [-0.15, -0.1) is 11.3 Å². The molecule has 2 aromatic rings. The Bertz CT molecular complexity index is 639. The van der Waals surface area contributed by atoms with E-state index >= 15 is 0 Å². The van der Waals surface area contributed by atoms with Gasteiger partial charge in [-0.2, -0.15) is 0 Å². The molecule has 6 heteroatoms. The molecular formula is C14H12ClNO3S. The van der Waals surface area contributed by atoms with Crippen LogP contribution >= 0.6 is 22.9 Å². The number of hydrogen-bond donors (Lipinski definition) is 1. The van der Waals surface area contributed by atoms with E-state index in [0.29, 0.717) is 14.9 Å². The molecule has 0 fully saturated rings. The van der Waals surface area contributed by atoms with Gasteiger partial charge in [0.1, 0.15) is 4.88 Å². The zero-order chi connectivity index (χ0) is 14.5. The molecule has 0 saturated carbocycles. The van der Waals surface area contributed by atoms with Crippen LogP contribution in [0.15, 0.2) is 36.4 Å². The smallest absolute Gasteiger partial charge is 0.348 e. The van der Waals surface area contributed by atoms with E-state index in [2.05, 4.69) is 5.32 Å². The molecule has 0 saturated heterocycles. The quantitative estimate of drug-likeness (QED) is 0.879. The van der Waals surface area contributed by atoms with Gasteiger partial charge in [-0.3, -0.25) is 4.79 Å². The molecule has 2 rings (SSSR count). The van der Waals surface area contributed by atoms with Crippen LogP contribution in [-0.2, 0) is 9.53 Å². The Morgan fingerprint density at radius 1 is 1.25 bits per heavy atom. The number of carbonyl (C=O) groups excluding carboxylic acids is 2. The minimum Gasteiger partial charge on any atom is -0.451 e. The Hall–Kier alpha value is -1.85. The highest BCUT2D eigenvalue weighted by Gasteiger charge is 2.12. The van der Waals surface area contributed by atoms with Gasteiger partial charge in [-0.05, 0) is 30.7 Å². The lowest BCUT2D eigenvalue weighted by molar-refractivity contribution is -0.119. The van der Waals surface area contributed by atoms with Gasteiger partial charge in [0.25, 0.3) is 5.91 Å². The van der Waals surface area contributed by atoms with E-state index in [4.69, 9.17) is 16.3 Å². The highest BCUT2D eigenvalue weighted by molar-refractivity contribution is 7.17. The van der Waals surface area contributed by atoms with Gasteiger partial charge in [0.15, 0.2) is 6.61 Å². The molecule has 0 aliphatic heterocycles. The number of rotatable bonds is 4. The van der Waals surface area contributed by atoms with Crippen molar-refractivity contribution in [3.05, 3.63) is 51.2 Å². The SMILES string of the molecule is Cc1ccccc1NC(=O)COC(=O)c1ccc(Cl)s1. The number of anilines is 1. The predicted molar refractivity (Wildman–Crippen MR) is 79.4 cm³/mol. The summed E-state index contributed by atoms with van der Waals surface area (Å²) in [6.45, 7) is 1.55. The third-order valence-electron chi connectivity index (χ3n) is 2.53. The second-order valence-corrected chi connectivity index (χ2v) is 5.76. The van der Waals surface area contributed by atoms with Gasteiger partial charge < -0.3 is 10.1 Å². The molecule has 1 heterocycles. The number of hydrogen-bond acceptors (Lipinski definition) is 4. The first kappa shape index (κ1) is 14.6. The van der Waals surface area contributed by atoms with E-state index in [-0.39, 0.29) is 12.5 Å². The minimum atomic E-state index is -0.554. The molecule has 1 N–H and O–H groups in total. The lowest BCUT2D eigenvalue weighted by Gasteiger charge is -2.08. The third kappa shape index (κ3) is 3.82. The summed E-state index contributed by atoms with van der Waals surface area (Å²) in [6, 6.07) is 10.5. The maximum Gasteiger partial charge on any atom is 0.348 e. The lowest BCUT2D eigenvalue weighted by Crippen LogP contribution is -2.21. The van der Waals surface area contributed by atoms with E-state index < -0.39 is 5.97 Å². The Balaban J connectivity index is 1.87. The highest BCUT2D eigenvalue weighted by atomic mass is 35.5. The van der Waals surface area contributed by atoms with Gasteiger partial charge >= 0.3 is 5.97 Å². The molecule has 4 nitrogen and oxygen atoms in total. The standard InChI is InChI=1S/C14H12ClNO3S/c1-9-4-2-3-5-10(9)16-13(17)8-19-14(18)11-6-7-12(15)20-11/h2-7H,8H2,1H3,(H,16,17). The lowest BCUT2D eigenvalue weighted by atomic mass is 10.2. The van der Waals surface area contributed by atoms with E-state index in [0.717, 1.165) is 16.9 Å². The highest BCUT2D eigenvalue weighted by Crippen LogP contribution is 2.22. The second kappa shape index (κ2) is 6.54. The summed E-state index contributed by atoms with van der Waals surface area (Å²) in [5.74, 6) is -0.933. The minimum absolute atomic E-state index is 0.331. The fraction of sp³-hybridized carbons (Fsp3) is 0.143. The Kier molecular flexibility index (Phi) is 4.76. The molecule has 1 aromatic heterocycles. The molecule has 0 unspecified atom stereocenters. The van der Waals surface area contributed by atoms with Crippen molar-refractivity contribution < 1.29 is 14.3 Å². The number of halogens is 1. The Morgan fingerprint density at radius 2 is 2.00 bits per heavy atom. The first-order chi connectivity index (χ1) is 9.56. The average molecular weight is 310 g/mol. The summed E-state index contributed by atoms with van der Waals surface area (Å²) >= 11 is 6.84. The van der Waals surface area contributed by atoms with Crippen molar-refractivity contribution in [3.63, 3.8) is 0 Å². The molecule has 1 amide bonds. The molecule has 0 atom stereocenters.